The minimum Gasteiger partial charge on any atom is -0.393 e. The molecule has 1 saturated carbocycles. The SMILES string of the molecule is C[C@@H]1CCCCN1C(=O)CN1CCN(C(=O)C[C@@H]2CCCC[C@H]2O)CC1. The molecule has 3 atom stereocenters. The van der Waals surface area contributed by atoms with Crippen LogP contribution >= 0.6 is 0 Å². The highest BCUT2D eigenvalue weighted by Gasteiger charge is 2.30. The van der Waals surface area contributed by atoms with Gasteiger partial charge in [0, 0.05) is 45.2 Å². The number of carbonyl (C=O) groups excluding carboxylic acids is 2. The fourth-order valence-electron chi connectivity index (χ4n) is 4.69. The maximum atomic E-state index is 12.6. The Morgan fingerprint density at radius 1 is 0.885 bits per heavy atom. The molecule has 3 rings (SSSR count). The molecule has 6 heteroatoms. The van der Waals surface area contributed by atoms with Gasteiger partial charge < -0.3 is 14.9 Å². The maximum Gasteiger partial charge on any atom is 0.236 e. The van der Waals surface area contributed by atoms with Crippen molar-refractivity contribution in [3.8, 4) is 0 Å². The van der Waals surface area contributed by atoms with Crippen LogP contribution in [0.2, 0.25) is 0 Å². The van der Waals surface area contributed by atoms with E-state index in [1.165, 1.54) is 6.42 Å². The second-order valence-corrected chi connectivity index (χ2v) is 8.40. The molecule has 1 aliphatic carbocycles. The zero-order chi connectivity index (χ0) is 18.5. The van der Waals surface area contributed by atoms with Crippen LogP contribution in [0.25, 0.3) is 0 Å². The van der Waals surface area contributed by atoms with Crippen molar-refractivity contribution in [1.82, 2.24) is 14.7 Å². The number of amides is 2. The highest BCUT2D eigenvalue weighted by atomic mass is 16.3. The van der Waals surface area contributed by atoms with E-state index in [0.29, 0.717) is 32.1 Å². The molecule has 0 spiro atoms. The van der Waals surface area contributed by atoms with E-state index in [4.69, 9.17) is 0 Å². The van der Waals surface area contributed by atoms with Crippen LogP contribution in [0.1, 0.15) is 58.3 Å². The summed E-state index contributed by atoms with van der Waals surface area (Å²) in [5.74, 6) is 0.547. The van der Waals surface area contributed by atoms with Crippen molar-refractivity contribution in [2.24, 2.45) is 5.92 Å². The molecule has 3 fully saturated rings. The lowest BCUT2D eigenvalue weighted by molar-refractivity contribution is -0.138. The summed E-state index contributed by atoms with van der Waals surface area (Å²) in [6.07, 6.45) is 7.63. The Morgan fingerprint density at radius 2 is 1.58 bits per heavy atom. The molecule has 148 valence electrons. The first-order valence-electron chi connectivity index (χ1n) is 10.5. The third-order valence-electron chi connectivity index (χ3n) is 6.51. The Labute approximate surface area is 157 Å². The molecule has 2 amide bonds. The Hall–Kier alpha value is -1.14. The molecular formula is C20H35N3O3. The van der Waals surface area contributed by atoms with E-state index in [0.717, 1.165) is 58.2 Å². The predicted octanol–water partition coefficient (Wildman–Crippen LogP) is 1.47. The minimum atomic E-state index is -0.307. The standard InChI is InChI=1S/C20H35N3O3/c1-16-6-4-5-9-23(16)20(26)15-21-10-12-22(13-11-21)19(25)14-17-7-2-3-8-18(17)24/h16-18,24H,2-15H2,1H3/t16-,17+,18-/m1/s1. The summed E-state index contributed by atoms with van der Waals surface area (Å²) in [7, 11) is 0. The number of hydrogen-bond acceptors (Lipinski definition) is 4. The lowest BCUT2D eigenvalue weighted by Crippen LogP contribution is -2.53. The molecule has 0 aromatic carbocycles. The van der Waals surface area contributed by atoms with Gasteiger partial charge in [-0.25, -0.2) is 0 Å². The summed E-state index contributed by atoms with van der Waals surface area (Å²) in [6.45, 7) is 6.46. The van der Waals surface area contributed by atoms with Crippen molar-refractivity contribution in [2.45, 2.75) is 70.4 Å². The molecule has 0 aromatic heterocycles. The number of aliphatic hydroxyl groups excluding tert-OH is 1. The fourth-order valence-corrected chi connectivity index (χ4v) is 4.69. The quantitative estimate of drug-likeness (QED) is 0.819. The number of likely N-dealkylation sites (tertiary alicyclic amines) is 1. The second kappa shape index (κ2) is 9.18. The van der Waals surface area contributed by atoms with Crippen molar-refractivity contribution < 1.29 is 14.7 Å². The van der Waals surface area contributed by atoms with Gasteiger partial charge in [-0.3, -0.25) is 14.5 Å². The number of hydrogen-bond donors (Lipinski definition) is 1. The summed E-state index contributed by atoms with van der Waals surface area (Å²) in [4.78, 5) is 31.3. The Morgan fingerprint density at radius 3 is 2.27 bits per heavy atom. The van der Waals surface area contributed by atoms with Gasteiger partial charge in [0.15, 0.2) is 0 Å². The summed E-state index contributed by atoms with van der Waals surface area (Å²) in [5, 5.41) is 10.1. The Kier molecular flexibility index (Phi) is 6.92. The minimum absolute atomic E-state index is 0.136. The lowest BCUT2D eigenvalue weighted by atomic mass is 9.84. The van der Waals surface area contributed by atoms with Crippen molar-refractivity contribution >= 4 is 11.8 Å². The van der Waals surface area contributed by atoms with Crippen LogP contribution in [-0.4, -0.2) is 83.0 Å². The molecule has 0 unspecified atom stereocenters. The number of aliphatic hydroxyl groups is 1. The summed E-state index contributed by atoms with van der Waals surface area (Å²) < 4.78 is 0. The van der Waals surface area contributed by atoms with E-state index in [1.807, 2.05) is 9.80 Å². The predicted molar refractivity (Wildman–Crippen MR) is 101 cm³/mol. The summed E-state index contributed by atoms with van der Waals surface area (Å²) in [6, 6.07) is 0.362. The largest absolute Gasteiger partial charge is 0.393 e. The van der Waals surface area contributed by atoms with Gasteiger partial charge in [-0.05, 0) is 44.9 Å². The number of carbonyl (C=O) groups is 2. The highest BCUT2D eigenvalue weighted by Crippen LogP contribution is 2.27. The van der Waals surface area contributed by atoms with Crippen LogP contribution in [0.3, 0.4) is 0 Å². The molecule has 1 N–H and O–H groups in total. The van der Waals surface area contributed by atoms with Gasteiger partial charge in [-0.15, -0.1) is 0 Å². The van der Waals surface area contributed by atoms with Crippen LogP contribution in [0, 0.1) is 5.92 Å². The number of piperidine rings is 1. The van der Waals surface area contributed by atoms with Gasteiger partial charge in [0.25, 0.3) is 0 Å². The molecule has 2 saturated heterocycles. The molecule has 26 heavy (non-hydrogen) atoms. The van der Waals surface area contributed by atoms with Gasteiger partial charge in [0.2, 0.25) is 11.8 Å². The molecule has 2 aliphatic heterocycles. The third-order valence-corrected chi connectivity index (χ3v) is 6.51. The van der Waals surface area contributed by atoms with E-state index in [9.17, 15) is 14.7 Å². The third kappa shape index (κ3) is 4.97. The smallest absolute Gasteiger partial charge is 0.236 e. The Bertz CT molecular complexity index is 491. The first-order valence-corrected chi connectivity index (χ1v) is 10.5. The van der Waals surface area contributed by atoms with Crippen molar-refractivity contribution in [3.63, 3.8) is 0 Å². The first kappa shape index (κ1) is 19.6. The molecule has 0 radical (unpaired) electrons. The van der Waals surface area contributed by atoms with Crippen LogP contribution in [0.15, 0.2) is 0 Å². The summed E-state index contributed by atoms with van der Waals surface area (Å²) in [5.41, 5.74) is 0. The normalized spacial score (nSPS) is 31.1. The second-order valence-electron chi connectivity index (χ2n) is 8.40. The topological polar surface area (TPSA) is 64.1 Å². The summed E-state index contributed by atoms with van der Waals surface area (Å²) >= 11 is 0. The molecule has 0 bridgehead atoms. The molecule has 0 aromatic rings. The van der Waals surface area contributed by atoms with Gasteiger partial charge in [-0.2, -0.15) is 0 Å². The van der Waals surface area contributed by atoms with E-state index in [2.05, 4.69) is 11.8 Å². The van der Waals surface area contributed by atoms with E-state index in [1.54, 1.807) is 0 Å². The van der Waals surface area contributed by atoms with Crippen LogP contribution < -0.4 is 0 Å². The lowest BCUT2D eigenvalue weighted by Gasteiger charge is -2.38. The fraction of sp³-hybridized carbons (Fsp3) is 0.900. The van der Waals surface area contributed by atoms with Gasteiger partial charge in [0.05, 0.1) is 12.6 Å². The van der Waals surface area contributed by atoms with Crippen molar-refractivity contribution in [1.29, 1.82) is 0 Å². The number of piperazine rings is 1. The van der Waals surface area contributed by atoms with Crippen molar-refractivity contribution in [3.05, 3.63) is 0 Å². The van der Waals surface area contributed by atoms with Gasteiger partial charge in [0.1, 0.15) is 0 Å². The molecule has 2 heterocycles. The van der Waals surface area contributed by atoms with Crippen molar-refractivity contribution in [2.75, 3.05) is 39.3 Å². The molecule has 6 nitrogen and oxygen atoms in total. The highest BCUT2D eigenvalue weighted by molar-refractivity contribution is 5.79. The Balaban J connectivity index is 1.40. The first-order chi connectivity index (χ1) is 12.5. The van der Waals surface area contributed by atoms with Gasteiger partial charge in [-0.1, -0.05) is 12.8 Å². The zero-order valence-electron chi connectivity index (χ0n) is 16.2. The molecule has 3 aliphatic rings. The zero-order valence-corrected chi connectivity index (χ0v) is 16.2. The van der Waals surface area contributed by atoms with E-state index in [-0.39, 0.29) is 23.8 Å². The van der Waals surface area contributed by atoms with Crippen LogP contribution in [-0.2, 0) is 9.59 Å². The van der Waals surface area contributed by atoms with E-state index < -0.39 is 0 Å². The monoisotopic (exact) mass is 365 g/mol. The maximum absolute atomic E-state index is 12.6. The molecular weight excluding hydrogens is 330 g/mol. The average molecular weight is 366 g/mol. The van der Waals surface area contributed by atoms with Crippen LogP contribution in [0.4, 0.5) is 0 Å². The number of rotatable bonds is 4. The number of nitrogens with zero attached hydrogens (tertiary/aromatic N) is 3. The average Bonchev–Trinajstić information content (AvgIpc) is 2.64. The van der Waals surface area contributed by atoms with Crippen LogP contribution in [0.5, 0.6) is 0 Å². The van der Waals surface area contributed by atoms with Gasteiger partial charge >= 0.3 is 0 Å². The van der Waals surface area contributed by atoms with E-state index >= 15 is 0 Å².